The quantitative estimate of drug-likeness (QED) is 0.242. The Kier molecular flexibility index (Phi) is 15.4. The third-order valence-corrected chi connectivity index (χ3v) is 1.89. The molecule has 0 heterocycles. The first kappa shape index (κ1) is 17.2. The smallest absolute Gasteiger partial charge is 0.122 e. The van der Waals surface area contributed by atoms with Crippen LogP contribution in [0.2, 0.25) is 0 Å². The van der Waals surface area contributed by atoms with Gasteiger partial charge in [0.05, 0.1) is 59.4 Å². The van der Waals surface area contributed by atoms with Crippen LogP contribution in [0.3, 0.4) is 0 Å². The highest BCUT2D eigenvalue weighted by atomic mass is 16.6. The van der Waals surface area contributed by atoms with E-state index in [4.69, 9.17) is 18.9 Å². The summed E-state index contributed by atoms with van der Waals surface area (Å²) >= 11 is 0. The molecule has 0 saturated carbocycles. The second-order valence-corrected chi connectivity index (χ2v) is 3.35. The van der Waals surface area contributed by atoms with Crippen LogP contribution in [0, 0.1) is 0 Å². The average molecular weight is 261 g/mol. The predicted octanol–water partition coefficient (Wildman–Crippen LogP) is 0.342. The monoisotopic (exact) mass is 261 g/mol. The van der Waals surface area contributed by atoms with E-state index in [1.165, 1.54) is 0 Å². The van der Waals surface area contributed by atoms with Crippen LogP contribution in [0.15, 0.2) is 4.99 Å². The number of rotatable bonds is 15. The minimum Gasteiger partial charge on any atom is -0.379 e. The maximum atomic E-state index is 9.98. The average Bonchev–Trinajstić information content (AvgIpc) is 2.39. The van der Waals surface area contributed by atoms with Gasteiger partial charge in [0.1, 0.15) is 6.29 Å². The Bertz CT molecular complexity index is 169. The van der Waals surface area contributed by atoms with Gasteiger partial charge in [0.2, 0.25) is 0 Å². The van der Waals surface area contributed by atoms with Crippen LogP contribution in [0.5, 0.6) is 0 Å². The van der Waals surface area contributed by atoms with Crippen molar-refractivity contribution in [2.45, 2.75) is 6.42 Å². The zero-order valence-electron chi connectivity index (χ0n) is 10.8. The molecule has 0 aliphatic carbocycles. The van der Waals surface area contributed by atoms with Crippen molar-refractivity contribution in [3.63, 3.8) is 0 Å². The summed E-state index contributed by atoms with van der Waals surface area (Å²) in [5.41, 5.74) is 0. The zero-order valence-corrected chi connectivity index (χ0v) is 10.8. The molecule has 0 fully saturated rings. The lowest BCUT2D eigenvalue weighted by Crippen LogP contribution is -2.12. The fourth-order valence-corrected chi connectivity index (χ4v) is 1.02. The van der Waals surface area contributed by atoms with Gasteiger partial charge in [-0.2, -0.15) is 0 Å². The molecule has 106 valence electrons. The lowest BCUT2D eigenvalue weighted by Gasteiger charge is -2.06. The molecule has 0 atom stereocenters. The van der Waals surface area contributed by atoms with Gasteiger partial charge in [0, 0.05) is 6.42 Å². The van der Waals surface area contributed by atoms with E-state index in [2.05, 4.69) is 11.7 Å². The fourth-order valence-electron chi connectivity index (χ4n) is 1.02. The summed E-state index contributed by atoms with van der Waals surface area (Å²) in [6.45, 7) is 8.22. The van der Waals surface area contributed by atoms with Gasteiger partial charge >= 0.3 is 0 Å². The van der Waals surface area contributed by atoms with Gasteiger partial charge < -0.3 is 23.7 Å². The lowest BCUT2D eigenvalue weighted by atomic mass is 10.5. The molecule has 0 saturated heterocycles. The molecule has 0 rings (SSSR count). The van der Waals surface area contributed by atoms with E-state index in [1.54, 1.807) is 0 Å². The number of ether oxygens (including phenoxy) is 4. The Balaban J connectivity index is 2.90. The Hall–Kier alpha value is -0.820. The van der Waals surface area contributed by atoms with Crippen molar-refractivity contribution in [1.29, 1.82) is 0 Å². The highest BCUT2D eigenvalue weighted by Crippen LogP contribution is 1.83. The zero-order chi connectivity index (χ0) is 13.3. The van der Waals surface area contributed by atoms with E-state index in [0.717, 1.165) is 6.29 Å². The van der Waals surface area contributed by atoms with Crippen molar-refractivity contribution in [3.8, 4) is 0 Å². The molecule has 0 aliphatic heterocycles. The molecule has 0 spiro atoms. The van der Waals surface area contributed by atoms with Crippen LogP contribution in [0.1, 0.15) is 6.42 Å². The molecule has 6 heteroatoms. The highest BCUT2D eigenvalue weighted by molar-refractivity contribution is 5.49. The Labute approximate surface area is 108 Å². The molecule has 0 aromatic rings. The molecular formula is C12H23NO5. The van der Waals surface area contributed by atoms with E-state index in [-0.39, 0.29) is 0 Å². The third-order valence-electron chi connectivity index (χ3n) is 1.89. The molecule has 0 N–H and O–H groups in total. The summed E-state index contributed by atoms with van der Waals surface area (Å²) in [7, 11) is 0. The number of nitrogens with zero attached hydrogens (tertiary/aromatic N) is 1. The van der Waals surface area contributed by atoms with Crippen LogP contribution in [-0.4, -0.2) is 72.4 Å². The standard InChI is InChI=1S/C12H23NO5/c1-13-3-6-16-8-10-18-12-11-17-9-7-15-5-2-4-14/h4H,1-3,5-12H2. The van der Waals surface area contributed by atoms with Gasteiger partial charge in [-0.15, -0.1) is 0 Å². The number of aldehydes is 1. The predicted molar refractivity (Wildman–Crippen MR) is 68.4 cm³/mol. The Morgan fingerprint density at radius 1 is 0.778 bits per heavy atom. The summed E-state index contributed by atoms with van der Waals surface area (Å²) in [6, 6.07) is 0. The molecule has 0 amide bonds. The molecule has 0 bridgehead atoms. The van der Waals surface area contributed by atoms with E-state index < -0.39 is 0 Å². The maximum Gasteiger partial charge on any atom is 0.122 e. The van der Waals surface area contributed by atoms with Crippen molar-refractivity contribution < 1.29 is 23.7 Å². The first-order chi connectivity index (χ1) is 8.91. The second kappa shape index (κ2) is 16.2. The van der Waals surface area contributed by atoms with Crippen LogP contribution in [0.4, 0.5) is 0 Å². The van der Waals surface area contributed by atoms with Crippen molar-refractivity contribution in [2.75, 3.05) is 59.4 Å². The first-order valence-corrected chi connectivity index (χ1v) is 6.09. The molecule has 0 aliphatic rings. The topological polar surface area (TPSA) is 66.3 Å². The number of aliphatic imine (C=N–C) groups is 1. The minimum absolute atomic E-state index is 0.435. The Morgan fingerprint density at radius 3 is 1.67 bits per heavy atom. The fraction of sp³-hybridized carbons (Fsp3) is 0.833. The van der Waals surface area contributed by atoms with E-state index in [9.17, 15) is 4.79 Å². The van der Waals surface area contributed by atoms with Crippen molar-refractivity contribution in [1.82, 2.24) is 0 Å². The van der Waals surface area contributed by atoms with E-state index in [1.807, 2.05) is 0 Å². The van der Waals surface area contributed by atoms with Gasteiger partial charge in [-0.1, -0.05) is 0 Å². The molecular weight excluding hydrogens is 238 g/mol. The lowest BCUT2D eigenvalue weighted by molar-refractivity contribution is -0.108. The first-order valence-electron chi connectivity index (χ1n) is 6.09. The summed E-state index contributed by atoms with van der Waals surface area (Å²) < 4.78 is 20.9. The van der Waals surface area contributed by atoms with Crippen LogP contribution >= 0.6 is 0 Å². The van der Waals surface area contributed by atoms with Gasteiger partial charge in [-0.3, -0.25) is 4.99 Å². The molecule has 0 aromatic carbocycles. The summed E-state index contributed by atoms with van der Waals surface area (Å²) in [4.78, 5) is 13.6. The molecule has 0 radical (unpaired) electrons. The SMILES string of the molecule is C=NCCOCCOCCOCCOCCC=O. The van der Waals surface area contributed by atoms with Gasteiger partial charge in [0.15, 0.2) is 0 Å². The molecule has 0 aromatic heterocycles. The second-order valence-electron chi connectivity index (χ2n) is 3.35. The van der Waals surface area contributed by atoms with E-state index in [0.29, 0.717) is 65.8 Å². The summed E-state index contributed by atoms with van der Waals surface area (Å²) in [5, 5.41) is 0. The number of carbonyl (C=O) groups is 1. The third kappa shape index (κ3) is 15.2. The minimum atomic E-state index is 0.435. The maximum absolute atomic E-state index is 9.98. The van der Waals surface area contributed by atoms with Crippen molar-refractivity contribution >= 4 is 13.0 Å². The summed E-state index contributed by atoms with van der Waals surface area (Å²) in [6.07, 6.45) is 1.27. The van der Waals surface area contributed by atoms with Crippen molar-refractivity contribution in [2.24, 2.45) is 4.99 Å². The molecule has 6 nitrogen and oxygen atoms in total. The number of carbonyl (C=O) groups excluding carboxylic acids is 1. The molecule has 0 unspecified atom stereocenters. The van der Waals surface area contributed by atoms with Gasteiger partial charge in [-0.25, -0.2) is 0 Å². The van der Waals surface area contributed by atoms with Gasteiger partial charge in [-0.05, 0) is 6.72 Å². The van der Waals surface area contributed by atoms with Crippen LogP contribution in [0.25, 0.3) is 0 Å². The Morgan fingerprint density at radius 2 is 1.22 bits per heavy atom. The van der Waals surface area contributed by atoms with E-state index >= 15 is 0 Å². The van der Waals surface area contributed by atoms with Crippen LogP contribution < -0.4 is 0 Å². The number of hydrogen-bond donors (Lipinski definition) is 0. The van der Waals surface area contributed by atoms with Crippen LogP contribution in [-0.2, 0) is 23.7 Å². The van der Waals surface area contributed by atoms with Gasteiger partial charge in [0.25, 0.3) is 0 Å². The summed E-state index contributed by atoms with van der Waals surface area (Å²) in [5.74, 6) is 0. The largest absolute Gasteiger partial charge is 0.379 e. The number of hydrogen-bond acceptors (Lipinski definition) is 6. The molecule has 18 heavy (non-hydrogen) atoms. The highest BCUT2D eigenvalue weighted by Gasteiger charge is 1.92. The normalized spacial score (nSPS) is 10.4. The van der Waals surface area contributed by atoms with Crippen molar-refractivity contribution in [3.05, 3.63) is 0 Å².